The molecule has 3 rings (SSSR count). The van der Waals surface area contributed by atoms with Crippen molar-refractivity contribution in [2.24, 2.45) is 16.2 Å². The Morgan fingerprint density at radius 2 is 1.58 bits per heavy atom. The Labute approximate surface area is 118 Å². The first-order valence-corrected chi connectivity index (χ1v) is 8.01. The van der Waals surface area contributed by atoms with Crippen LogP contribution in [0, 0.1) is 16.2 Å². The molecule has 1 nitrogen and oxygen atoms in total. The molecule has 108 valence electrons. The fourth-order valence-corrected chi connectivity index (χ4v) is 4.97. The van der Waals surface area contributed by atoms with Crippen LogP contribution in [0.5, 0.6) is 0 Å². The smallest absolute Gasteiger partial charge is 0.0865 e. The highest BCUT2D eigenvalue weighted by molar-refractivity contribution is 5.35. The molecule has 1 fully saturated rings. The Kier molecular flexibility index (Phi) is 2.64. The number of fused-ring (bicyclic) bond motifs is 3. The molecule has 0 heterocycles. The second-order valence-electron chi connectivity index (χ2n) is 9.25. The molecule has 0 aromatic heterocycles. The van der Waals surface area contributed by atoms with Crippen molar-refractivity contribution in [3.8, 4) is 0 Å². The maximum Gasteiger partial charge on any atom is 0.0865 e. The third-order valence-electron chi connectivity index (χ3n) is 6.82. The largest absolute Gasteiger partial charge is 0.385 e. The van der Waals surface area contributed by atoms with E-state index in [0.717, 1.165) is 19.3 Å². The molecule has 0 aliphatic heterocycles. The van der Waals surface area contributed by atoms with Crippen LogP contribution in [0.4, 0.5) is 0 Å². The first-order valence-electron chi connectivity index (χ1n) is 8.01. The minimum atomic E-state index is -0.464. The predicted molar refractivity (Wildman–Crippen MR) is 80.0 cm³/mol. The van der Waals surface area contributed by atoms with Gasteiger partial charge < -0.3 is 5.11 Å². The van der Waals surface area contributed by atoms with Crippen LogP contribution >= 0.6 is 0 Å². The van der Waals surface area contributed by atoms with Gasteiger partial charge in [0.05, 0.1) is 5.60 Å². The van der Waals surface area contributed by atoms with Gasteiger partial charge in [0.2, 0.25) is 0 Å². The summed E-state index contributed by atoms with van der Waals surface area (Å²) in [5.74, 6) is 0. The van der Waals surface area contributed by atoms with Crippen LogP contribution in [-0.2, 0) is 0 Å². The van der Waals surface area contributed by atoms with Crippen molar-refractivity contribution in [2.75, 3.05) is 0 Å². The quantitative estimate of drug-likeness (QED) is 0.619. The van der Waals surface area contributed by atoms with Gasteiger partial charge in [-0.3, -0.25) is 0 Å². The fourth-order valence-electron chi connectivity index (χ4n) is 4.97. The normalized spacial score (nSPS) is 43.9. The lowest BCUT2D eigenvalue weighted by atomic mass is 9.47. The predicted octanol–water partition coefficient (Wildman–Crippen LogP) is 4.84. The van der Waals surface area contributed by atoms with Gasteiger partial charge in [-0.25, -0.2) is 0 Å². The lowest BCUT2D eigenvalue weighted by molar-refractivity contribution is -0.0988. The maximum absolute atomic E-state index is 11.2. The van der Waals surface area contributed by atoms with Crippen molar-refractivity contribution in [1.82, 2.24) is 0 Å². The van der Waals surface area contributed by atoms with Crippen molar-refractivity contribution in [3.63, 3.8) is 0 Å². The minimum Gasteiger partial charge on any atom is -0.385 e. The summed E-state index contributed by atoms with van der Waals surface area (Å²) in [6.07, 6.45) is 7.95. The molecule has 2 bridgehead atoms. The van der Waals surface area contributed by atoms with Crippen molar-refractivity contribution in [3.05, 3.63) is 11.1 Å². The van der Waals surface area contributed by atoms with Gasteiger partial charge in [0.15, 0.2) is 0 Å². The molecule has 0 aromatic rings. The molecule has 3 aliphatic carbocycles. The van der Waals surface area contributed by atoms with Crippen LogP contribution < -0.4 is 0 Å². The highest BCUT2D eigenvalue weighted by atomic mass is 16.3. The SMILES string of the molecule is CC1(C)CCC2=C(C1)CC1(C)CC2(O)CCC1(C)C. The summed E-state index contributed by atoms with van der Waals surface area (Å²) >= 11 is 0. The number of hydrogen-bond acceptors (Lipinski definition) is 1. The zero-order valence-electron chi connectivity index (χ0n) is 13.4. The van der Waals surface area contributed by atoms with Crippen molar-refractivity contribution in [2.45, 2.75) is 85.2 Å². The van der Waals surface area contributed by atoms with E-state index in [-0.39, 0.29) is 5.41 Å². The Morgan fingerprint density at radius 1 is 0.895 bits per heavy atom. The summed E-state index contributed by atoms with van der Waals surface area (Å²) in [5.41, 5.74) is 3.67. The molecule has 1 N–H and O–H groups in total. The highest BCUT2D eigenvalue weighted by Gasteiger charge is 2.56. The summed E-state index contributed by atoms with van der Waals surface area (Å²) in [4.78, 5) is 0. The summed E-state index contributed by atoms with van der Waals surface area (Å²) in [7, 11) is 0. The average molecular weight is 262 g/mol. The van der Waals surface area contributed by atoms with Crippen molar-refractivity contribution in [1.29, 1.82) is 0 Å². The zero-order chi connectivity index (χ0) is 14.1. The van der Waals surface area contributed by atoms with Crippen LogP contribution in [0.1, 0.15) is 79.6 Å². The molecule has 3 aliphatic rings. The van der Waals surface area contributed by atoms with Crippen LogP contribution in [0.15, 0.2) is 11.1 Å². The molecule has 0 aromatic carbocycles. The molecular weight excluding hydrogens is 232 g/mol. The van der Waals surface area contributed by atoms with Gasteiger partial charge in [0.1, 0.15) is 0 Å². The molecule has 2 unspecified atom stereocenters. The number of rotatable bonds is 0. The second-order valence-corrected chi connectivity index (χ2v) is 9.25. The first kappa shape index (κ1) is 13.7. The molecule has 1 saturated carbocycles. The summed E-state index contributed by atoms with van der Waals surface area (Å²) in [6, 6.07) is 0. The summed E-state index contributed by atoms with van der Waals surface area (Å²) in [6.45, 7) is 12.0. The molecular formula is C18H30O. The number of hydrogen-bond donors (Lipinski definition) is 1. The van der Waals surface area contributed by atoms with E-state index in [1.54, 1.807) is 5.57 Å². The van der Waals surface area contributed by atoms with E-state index < -0.39 is 5.60 Å². The van der Waals surface area contributed by atoms with Gasteiger partial charge in [-0.05, 0) is 66.8 Å². The molecule has 0 spiro atoms. The zero-order valence-corrected chi connectivity index (χ0v) is 13.4. The molecule has 2 atom stereocenters. The number of aliphatic hydroxyl groups is 1. The Hall–Kier alpha value is -0.300. The topological polar surface area (TPSA) is 20.2 Å². The minimum absolute atomic E-state index is 0.284. The van der Waals surface area contributed by atoms with E-state index in [4.69, 9.17) is 0 Å². The summed E-state index contributed by atoms with van der Waals surface area (Å²) in [5, 5.41) is 11.2. The van der Waals surface area contributed by atoms with E-state index in [0.29, 0.717) is 10.8 Å². The fraction of sp³-hybridized carbons (Fsp3) is 0.889. The Balaban J connectivity index is 2.05. The standard InChI is InChI=1S/C18H30O/c1-15(2)7-6-14-13(10-15)11-17(5)12-18(14,19)9-8-16(17,3)4/h19H,6-12H2,1-5H3. The van der Waals surface area contributed by atoms with E-state index >= 15 is 0 Å². The summed E-state index contributed by atoms with van der Waals surface area (Å²) < 4.78 is 0. The van der Waals surface area contributed by atoms with Crippen LogP contribution in [0.25, 0.3) is 0 Å². The van der Waals surface area contributed by atoms with Gasteiger partial charge in [-0.2, -0.15) is 0 Å². The lowest BCUT2D eigenvalue weighted by Gasteiger charge is -2.60. The van der Waals surface area contributed by atoms with Gasteiger partial charge in [0, 0.05) is 0 Å². The van der Waals surface area contributed by atoms with E-state index in [1.165, 1.54) is 31.3 Å². The Morgan fingerprint density at radius 3 is 2.26 bits per heavy atom. The van der Waals surface area contributed by atoms with Crippen molar-refractivity contribution >= 4 is 0 Å². The van der Waals surface area contributed by atoms with Gasteiger partial charge in [-0.15, -0.1) is 0 Å². The van der Waals surface area contributed by atoms with E-state index in [2.05, 4.69) is 34.6 Å². The molecule has 19 heavy (non-hydrogen) atoms. The first-order chi connectivity index (χ1) is 8.57. The van der Waals surface area contributed by atoms with Gasteiger partial charge >= 0.3 is 0 Å². The van der Waals surface area contributed by atoms with E-state index in [9.17, 15) is 5.11 Å². The van der Waals surface area contributed by atoms with Crippen LogP contribution in [0.3, 0.4) is 0 Å². The maximum atomic E-state index is 11.2. The monoisotopic (exact) mass is 262 g/mol. The lowest BCUT2D eigenvalue weighted by Crippen LogP contribution is -2.54. The van der Waals surface area contributed by atoms with Crippen LogP contribution in [-0.4, -0.2) is 10.7 Å². The highest BCUT2D eigenvalue weighted by Crippen LogP contribution is 2.63. The molecule has 0 radical (unpaired) electrons. The van der Waals surface area contributed by atoms with E-state index in [1.807, 2.05) is 0 Å². The Bertz CT molecular complexity index is 443. The van der Waals surface area contributed by atoms with Crippen LogP contribution in [0.2, 0.25) is 0 Å². The molecule has 1 heteroatoms. The molecule has 0 saturated heterocycles. The van der Waals surface area contributed by atoms with Gasteiger partial charge in [-0.1, -0.05) is 40.2 Å². The molecule has 0 amide bonds. The average Bonchev–Trinajstić information content (AvgIpc) is 2.22. The number of allylic oxidation sites excluding steroid dienone is 1. The van der Waals surface area contributed by atoms with Crippen molar-refractivity contribution < 1.29 is 5.11 Å². The second kappa shape index (κ2) is 3.67. The third-order valence-corrected chi connectivity index (χ3v) is 6.82. The third kappa shape index (κ3) is 1.92. The van der Waals surface area contributed by atoms with Gasteiger partial charge in [0.25, 0.3) is 0 Å².